The van der Waals surface area contributed by atoms with Crippen molar-refractivity contribution in [3.05, 3.63) is 0 Å². The van der Waals surface area contributed by atoms with Gasteiger partial charge in [-0.3, -0.25) is 9.69 Å². The Morgan fingerprint density at radius 2 is 1.81 bits per heavy atom. The Bertz CT molecular complexity index is 503. The first-order chi connectivity index (χ1) is 12.3. The van der Waals surface area contributed by atoms with E-state index in [2.05, 4.69) is 31.4 Å². The molecule has 0 aliphatic heterocycles. The van der Waals surface area contributed by atoms with Crippen molar-refractivity contribution in [1.82, 2.24) is 15.5 Å². The van der Waals surface area contributed by atoms with Gasteiger partial charge in [-0.15, -0.1) is 0 Å². The van der Waals surface area contributed by atoms with Gasteiger partial charge >= 0.3 is 12.0 Å². The fourth-order valence-electron chi connectivity index (χ4n) is 5.14. The summed E-state index contributed by atoms with van der Waals surface area (Å²) in [5.74, 6) is -0.505. The van der Waals surface area contributed by atoms with E-state index in [1.54, 1.807) is 7.11 Å². The zero-order valence-corrected chi connectivity index (χ0v) is 16.7. The molecule has 2 rings (SSSR count). The maximum Gasteiger partial charge on any atom is 0.317 e. The van der Waals surface area contributed by atoms with Crippen molar-refractivity contribution in [2.24, 2.45) is 11.3 Å². The Morgan fingerprint density at radius 3 is 2.27 bits per heavy atom. The highest BCUT2D eigenvalue weighted by Gasteiger charge is 2.59. The molecule has 7 nitrogen and oxygen atoms in total. The second-order valence-electron chi connectivity index (χ2n) is 7.83. The van der Waals surface area contributed by atoms with Gasteiger partial charge in [0.2, 0.25) is 0 Å². The average Bonchev–Trinajstić information content (AvgIpc) is 2.58. The summed E-state index contributed by atoms with van der Waals surface area (Å²) < 4.78 is 5.68. The van der Waals surface area contributed by atoms with Gasteiger partial charge in [0.15, 0.2) is 0 Å². The number of carboxylic acids is 1. The lowest BCUT2D eigenvalue weighted by Crippen LogP contribution is -2.71. The summed E-state index contributed by atoms with van der Waals surface area (Å²) in [6, 6.07) is 0.367. The van der Waals surface area contributed by atoms with E-state index in [1.165, 1.54) is 0 Å². The molecule has 0 saturated heterocycles. The zero-order valence-electron chi connectivity index (χ0n) is 16.7. The van der Waals surface area contributed by atoms with Crippen molar-refractivity contribution >= 4 is 12.0 Å². The lowest BCUT2D eigenvalue weighted by Gasteiger charge is -2.59. The van der Waals surface area contributed by atoms with E-state index in [4.69, 9.17) is 9.84 Å². The Morgan fingerprint density at radius 1 is 1.19 bits per heavy atom. The first-order valence-corrected chi connectivity index (χ1v) is 9.88. The third kappa shape index (κ3) is 3.83. The minimum Gasteiger partial charge on any atom is -0.480 e. The van der Waals surface area contributed by atoms with E-state index in [1.807, 2.05) is 11.8 Å². The number of aliphatic carboxylic acids is 1. The Labute approximate surface area is 156 Å². The first-order valence-electron chi connectivity index (χ1n) is 9.88. The van der Waals surface area contributed by atoms with E-state index in [9.17, 15) is 9.59 Å². The molecule has 3 atom stereocenters. The summed E-state index contributed by atoms with van der Waals surface area (Å²) in [6.07, 6.45) is 3.75. The van der Waals surface area contributed by atoms with Crippen LogP contribution in [0.3, 0.4) is 0 Å². The van der Waals surface area contributed by atoms with Crippen LogP contribution in [0.5, 0.6) is 0 Å². The van der Waals surface area contributed by atoms with Gasteiger partial charge in [0, 0.05) is 36.6 Å². The van der Waals surface area contributed by atoms with Crippen LogP contribution in [0.2, 0.25) is 0 Å². The fraction of sp³-hybridized carbons (Fsp3) is 0.895. The van der Waals surface area contributed by atoms with Gasteiger partial charge in [0.1, 0.15) is 0 Å². The van der Waals surface area contributed by atoms with Crippen molar-refractivity contribution < 1.29 is 19.4 Å². The van der Waals surface area contributed by atoms with Crippen LogP contribution in [-0.4, -0.2) is 66.4 Å². The van der Waals surface area contributed by atoms with Crippen LogP contribution in [0.25, 0.3) is 0 Å². The van der Waals surface area contributed by atoms with Crippen molar-refractivity contribution in [2.75, 3.05) is 20.2 Å². The van der Waals surface area contributed by atoms with E-state index in [-0.39, 0.29) is 42.2 Å². The number of nitrogens with one attached hydrogen (secondary N) is 2. The number of carboxylic acid groups (broad SMARTS) is 1. The monoisotopic (exact) mass is 369 g/mol. The molecule has 2 aliphatic rings. The van der Waals surface area contributed by atoms with Gasteiger partial charge in [-0.2, -0.15) is 0 Å². The molecule has 2 saturated carbocycles. The van der Waals surface area contributed by atoms with Crippen LogP contribution in [0.1, 0.15) is 53.4 Å². The van der Waals surface area contributed by atoms with E-state index in [0.29, 0.717) is 12.5 Å². The number of ether oxygens (including phenoxy) is 1. The number of urea groups is 1. The largest absolute Gasteiger partial charge is 0.480 e. The van der Waals surface area contributed by atoms with Gasteiger partial charge in [-0.25, -0.2) is 4.79 Å². The van der Waals surface area contributed by atoms with E-state index in [0.717, 1.165) is 25.7 Å². The molecule has 3 unspecified atom stereocenters. The summed E-state index contributed by atoms with van der Waals surface area (Å²) in [5.41, 5.74) is 0.00809. The molecule has 0 aromatic rings. The molecule has 150 valence electrons. The van der Waals surface area contributed by atoms with Crippen molar-refractivity contribution in [3.63, 3.8) is 0 Å². The molecule has 3 N–H and O–H groups in total. The number of carbonyl (C=O) groups excluding carboxylic acids is 1. The molecule has 2 aliphatic carbocycles. The number of hydrogen-bond acceptors (Lipinski definition) is 4. The normalized spacial score (nSPS) is 32.5. The Hall–Kier alpha value is -1.34. The zero-order chi connectivity index (χ0) is 19.5. The predicted molar refractivity (Wildman–Crippen MR) is 100 cm³/mol. The first kappa shape index (κ1) is 21.0. The quantitative estimate of drug-likeness (QED) is 0.579. The number of nitrogens with zero attached hydrogens (tertiary/aromatic N) is 1. The van der Waals surface area contributed by atoms with Gasteiger partial charge in [-0.05, 0) is 32.2 Å². The lowest BCUT2D eigenvalue weighted by molar-refractivity contribution is -0.164. The number of hydrogen-bond donors (Lipinski definition) is 3. The molecule has 0 aromatic carbocycles. The second-order valence-corrected chi connectivity index (χ2v) is 7.83. The van der Waals surface area contributed by atoms with Gasteiger partial charge < -0.3 is 20.5 Å². The molecule has 0 aromatic heterocycles. The molecular formula is C19H35N3O4. The van der Waals surface area contributed by atoms with Crippen molar-refractivity contribution in [1.29, 1.82) is 0 Å². The third-order valence-electron chi connectivity index (χ3n) is 6.76. The Kier molecular flexibility index (Phi) is 6.91. The lowest BCUT2D eigenvalue weighted by atomic mass is 9.53. The molecule has 26 heavy (non-hydrogen) atoms. The minimum absolute atomic E-state index is 0.00809. The van der Waals surface area contributed by atoms with Crippen LogP contribution < -0.4 is 10.6 Å². The van der Waals surface area contributed by atoms with Crippen molar-refractivity contribution in [2.45, 2.75) is 77.6 Å². The molecule has 0 heterocycles. The SMILES string of the molecule is CCN(CC(=O)O)C1CC(NC(=O)NC2C(C)C(OC)C2(CC)CC)C1. The second kappa shape index (κ2) is 8.57. The standard InChI is InChI=1S/C19H35N3O4/c1-6-19(7-2)16(12(4)17(19)26-5)21-18(25)20-13-9-14(10-13)22(8-3)11-15(23)24/h12-14,16-17H,6-11H2,1-5H3,(H,23,24)(H2,20,21,25). The van der Waals surface area contributed by atoms with Gasteiger partial charge in [0.05, 0.1) is 12.6 Å². The smallest absolute Gasteiger partial charge is 0.317 e. The van der Waals surface area contributed by atoms with Gasteiger partial charge in [0.25, 0.3) is 0 Å². The molecule has 0 radical (unpaired) electrons. The van der Waals surface area contributed by atoms with Crippen LogP contribution >= 0.6 is 0 Å². The van der Waals surface area contributed by atoms with Crippen molar-refractivity contribution in [3.8, 4) is 0 Å². The van der Waals surface area contributed by atoms with Crippen LogP contribution in [0, 0.1) is 11.3 Å². The number of methoxy groups -OCH3 is 1. The third-order valence-corrected chi connectivity index (χ3v) is 6.76. The molecule has 7 heteroatoms. The van der Waals surface area contributed by atoms with Crippen LogP contribution in [0.4, 0.5) is 4.79 Å². The summed E-state index contributed by atoms with van der Waals surface area (Å²) >= 11 is 0. The number of likely N-dealkylation sites (N-methyl/N-ethyl adjacent to an activating group) is 1. The number of rotatable bonds is 9. The minimum atomic E-state index is -0.803. The van der Waals surface area contributed by atoms with Gasteiger partial charge in [-0.1, -0.05) is 27.7 Å². The maximum atomic E-state index is 12.5. The number of carbonyl (C=O) groups is 2. The molecular weight excluding hydrogens is 334 g/mol. The highest BCUT2D eigenvalue weighted by molar-refractivity contribution is 5.75. The molecule has 0 bridgehead atoms. The highest BCUT2D eigenvalue weighted by atomic mass is 16.5. The summed E-state index contributed by atoms with van der Waals surface area (Å²) in [5, 5.41) is 15.2. The fourth-order valence-corrected chi connectivity index (χ4v) is 5.14. The molecule has 2 amide bonds. The predicted octanol–water partition coefficient (Wildman–Crippen LogP) is 2.06. The van der Waals surface area contributed by atoms with E-state index >= 15 is 0 Å². The topological polar surface area (TPSA) is 90.9 Å². The van der Waals surface area contributed by atoms with Crippen LogP contribution in [0.15, 0.2) is 0 Å². The number of amides is 2. The van der Waals surface area contributed by atoms with E-state index < -0.39 is 5.97 Å². The maximum absolute atomic E-state index is 12.5. The average molecular weight is 370 g/mol. The summed E-state index contributed by atoms with van der Waals surface area (Å²) in [7, 11) is 1.75. The molecule has 2 fully saturated rings. The highest BCUT2D eigenvalue weighted by Crippen LogP contribution is 2.52. The van der Waals surface area contributed by atoms with Crippen LogP contribution in [-0.2, 0) is 9.53 Å². The summed E-state index contributed by atoms with van der Waals surface area (Å²) in [4.78, 5) is 25.3. The molecule has 0 spiro atoms. The Balaban J connectivity index is 1.82. The summed E-state index contributed by atoms with van der Waals surface area (Å²) in [6.45, 7) is 9.19.